The average Bonchev–Trinajstić information content (AvgIpc) is 3.20. The normalized spacial score (nSPS) is 13.1. The minimum absolute atomic E-state index is 0.0240. The lowest BCUT2D eigenvalue weighted by Crippen LogP contribution is -2.50. The molecule has 6 heteroatoms. The third-order valence-electron chi connectivity index (χ3n) is 6.18. The molecule has 0 radical (unpaired) electrons. The molecule has 4 nitrogen and oxygen atoms in total. The Bertz CT molecular complexity index is 1290. The van der Waals surface area contributed by atoms with E-state index in [1.165, 1.54) is 48.5 Å². The number of aromatic nitrogens is 2. The first-order valence-electron chi connectivity index (χ1n) is 10.3. The van der Waals surface area contributed by atoms with Gasteiger partial charge in [0, 0.05) is 21.6 Å². The second-order valence-corrected chi connectivity index (χ2v) is 9.40. The standard InChI is InChI=1S/C24H25BN4S/c1-13-11-14(2)20(15(3)12-13)22-16(4)21-17(5)27-28-24(23(21)30-22)25-26-18-9-7-8-10-19(18)29(25)6/h7-12,26H,1-6H3. The molecule has 2 aromatic carbocycles. The molecule has 0 saturated carbocycles. The summed E-state index contributed by atoms with van der Waals surface area (Å²) >= 11 is 1.85. The number of nitrogens with zero attached hydrogens (tertiary/aromatic N) is 3. The van der Waals surface area contributed by atoms with Crippen LogP contribution in [-0.4, -0.2) is 24.2 Å². The molecule has 0 saturated heterocycles. The SMILES string of the molecule is Cc1cc(C)c(-c2sc3c(B4Nc5ccccc5N4C)nnc(C)c3c2C)c(C)c1. The molecular weight excluding hydrogens is 387 g/mol. The molecule has 5 rings (SSSR count). The maximum atomic E-state index is 4.69. The van der Waals surface area contributed by atoms with Gasteiger partial charge in [0.05, 0.1) is 16.0 Å². The van der Waals surface area contributed by atoms with Gasteiger partial charge in [-0.15, -0.1) is 11.3 Å². The van der Waals surface area contributed by atoms with Gasteiger partial charge in [-0.05, 0) is 76.1 Å². The zero-order valence-corrected chi connectivity index (χ0v) is 19.1. The first kappa shape index (κ1) is 19.1. The lowest BCUT2D eigenvalue weighted by molar-refractivity contribution is 1.02. The summed E-state index contributed by atoms with van der Waals surface area (Å²) in [6.07, 6.45) is 0. The van der Waals surface area contributed by atoms with Crippen LogP contribution in [0.15, 0.2) is 36.4 Å². The lowest BCUT2D eigenvalue weighted by Gasteiger charge is -2.18. The highest BCUT2D eigenvalue weighted by Crippen LogP contribution is 2.42. The van der Waals surface area contributed by atoms with Crippen LogP contribution in [0.2, 0.25) is 0 Å². The van der Waals surface area contributed by atoms with Gasteiger partial charge < -0.3 is 10.0 Å². The summed E-state index contributed by atoms with van der Waals surface area (Å²) in [4.78, 5) is 3.59. The van der Waals surface area contributed by atoms with Crippen LogP contribution in [0.1, 0.15) is 27.9 Å². The second-order valence-electron chi connectivity index (χ2n) is 8.38. The largest absolute Gasteiger partial charge is 0.431 e. The number of rotatable bonds is 2. The Kier molecular flexibility index (Phi) is 4.36. The van der Waals surface area contributed by atoms with E-state index < -0.39 is 0 Å². The molecule has 3 heterocycles. The molecule has 30 heavy (non-hydrogen) atoms. The zero-order valence-electron chi connectivity index (χ0n) is 18.3. The third kappa shape index (κ3) is 2.74. The van der Waals surface area contributed by atoms with Crippen LogP contribution in [0.5, 0.6) is 0 Å². The van der Waals surface area contributed by atoms with Crippen molar-refractivity contribution >= 4 is 45.4 Å². The van der Waals surface area contributed by atoms with E-state index in [0.29, 0.717) is 0 Å². The van der Waals surface area contributed by atoms with E-state index in [-0.39, 0.29) is 6.98 Å². The highest BCUT2D eigenvalue weighted by atomic mass is 32.1. The highest BCUT2D eigenvalue weighted by molar-refractivity contribution is 7.24. The molecule has 1 aliphatic heterocycles. The topological polar surface area (TPSA) is 41.0 Å². The van der Waals surface area contributed by atoms with Crippen molar-refractivity contribution in [3.63, 3.8) is 0 Å². The molecule has 1 N–H and O–H groups in total. The Morgan fingerprint density at radius 2 is 1.67 bits per heavy atom. The number of hydrogen-bond donors (Lipinski definition) is 1. The predicted octanol–water partition coefficient (Wildman–Crippen LogP) is 5.16. The van der Waals surface area contributed by atoms with Crippen molar-refractivity contribution in [2.75, 3.05) is 17.1 Å². The molecule has 4 aromatic rings. The van der Waals surface area contributed by atoms with Gasteiger partial charge in [0.1, 0.15) is 0 Å². The minimum atomic E-state index is -0.0240. The number of benzene rings is 2. The summed E-state index contributed by atoms with van der Waals surface area (Å²) < 4.78 is 1.23. The summed E-state index contributed by atoms with van der Waals surface area (Å²) in [7, 11) is 2.12. The van der Waals surface area contributed by atoms with Crippen LogP contribution in [0.4, 0.5) is 11.4 Å². The summed E-state index contributed by atoms with van der Waals surface area (Å²) in [6.45, 7) is 10.9. The summed E-state index contributed by atoms with van der Waals surface area (Å²) in [5.41, 5.74) is 10.9. The molecule has 0 spiro atoms. The Balaban J connectivity index is 1.73. The quantitative estimate of drug-likeness (QED) is 0.462. The van der Waals surface area contributed by atoms with E-state index in [2.05, 4.69) is 98.3 Å². The first-order valence-corrected chi connectivity index (χ1v) is 11.1. The van der Waals surface area contributed by atoms with Crippen LogP contribution in [0.25, 0.3) is 20.5 Å². The minimum Gasteiger partial charge on any atom is -0.402 e. The smallest absolute Gasteiger partial charge is 0.402 e. The number of hydrogen-bond acceptors (Lipinski definition) is 5. The maximum absolute atomic E-state index is 4.69. The number of nitrogens with one attached hydrogen (secondary N) is 1. The van der Waals surface area contributed by atoms with Gasteiger partial charge in [-0.3, -0.25) is 0 Å². The number of aryl methyl sites for hydroxylation is 5. The van der Waals surface area contributed by atoms with Crippen molar-refractivity contribution in [3.8, 4) is 10.4 Å². The average molecular weight is 412 g/mol. The number of fused-ring (bicyclic) bond motifs is 2. The Morgan fingerprint density at radius 1 is 0.967 bits per heavy atom. The maximum Gasteiger partial charge on any atom is 0.431 e. The van der Waals surface area contributed by atoms with Gasteiger partial charge in [-0.25, -0.2) is 0 Å². The Labute approximate surface area is 182 Å². The molecule has 150 valence electrons. The molecule has 0 aliphatic carbocycles. The summed E-state index contributed by atoms with van der Waals surface area (Å²) in [5.74, 6) is 0. The van der Waals surface area contributed by atoms with Crippen molar-refractivity contribution < 1.29 is 0 Å². The van der Waals surface area contributed by atoms with Gasteiger partial charge in [-0.1, -0.05) is 29.8 Å². The summed E-state index contributed by atoms with van der Waals surface area (Å²) in [6, 6.07) is 13.0. The number of para-hydroxylation sites is 2. The van der Waals surface area contributed by atoms with Gasteiger partial charge in [0.2, 0.25) is 0 Å². The molecule has 0 fully saturated rings. The molecule has 1 aliphatic rings. The fourth-order valence-corrected chi connectivity index (χ4v) is 6.39. The van der Waals surface area contributed by atoms with E-state index in [9.17, 15) is 0 Å². The van der Waals surface area contributed by atoms with E-state index >= 15 is 0 Å². The third-order valence-corrected chi connectivity index (χ3v) is 7.51. The van der Waals surface area contributed by atoms with Crippen molar-refractivity contribution in [2.24, 2.45) is 0 Å². The molecule has 0 amide bonds. The monoisotopic (exact) mass is 412 g/mol. The Morgan fingerprint density at radius 3 is 2.37 bits per heavy atom. The van der Waals surface area contributed by atoms with Crippen molar-refractivity contribution in [2.45, 2.75) is 34.6 Å². The van der Waals surface area contributed by atoms with E-state index in [1.807, 2.05) is 11.3 Å². The number of anilines is 2. The van der Waals surface area contributed by atoms with Crippen molar-refractivity contribution in [1.29, 1.82) is 0 Å². The van der Waals surface area contributed by atoms with Crippen LogP contribution in [0, 0.1) is 34.6 Å². The van der Waals surface area contributed by atoms with Gasteiger partial charge >= 0.3 is 6.98 Å². The van der Waals surface area contributed by atoms with Crippen LogP contribution >= 0.6 is 11.3 Å². The molecular formula is C24H25BN4S. The van der Waals surface area contributed by atoms with Gasteiger partial charge in [-0.2, -0.15) is 10.2 Å². The lowest BCUT2D eigenvalue weighted by atomic mass is 9.71. The van der Waals surface area contributed by atoms with E-state index in [0.717, 1.165) is 17.0 Å². The first-order chi connectivity index (χ1) is 14.4. The van der Waals surface area contributed by atoms with Crippen LogP contribution < -0.4 is 15.6 Å². The number of thiophene rings is 1. The molecule has 0 unspecified atom stereocenters. The fourth-order valence-electron chi connectivity index (χ4n) is 4.85. The predicted molar refractivity (Wildman–Crippen MR) is 130 cm³/mol. The fraction of sp³-hybridized carbons (Fsp3) is 0.250. The van der Waals surface area contributed by atoms with Crippen LogP contribution in [-0.2, 0) is 0 Å². The Hall–Kier alpha value is -2.86. The molecule has 0 atom stereocenters. The summed E-state index contributed by atoms with van der Waals surface area (Å²) in [5, 5.41) is 14.1. The van der Waals surface area contributed by atoms with Gasteiger partial charge in [0.25, 0.3) is 0 Å². The van der Waals surface area contributed by atoms with E-state index in [1.54, 1.807) is 0 Å². The molecule has 2 aromatic heterocycles. The van der Waals surface area contributed by atoms with Crippen LogP contribution in [0.3, 0.4) is 0 Å². The van der Waals surface area contributed by atoms with E-state index in [4.69, 9.17) is 0 Å². The second kappa shape index (κ2) is 6.84. The molecule has 0 bridgehead atoms. The van der Waals surface area contributed by atoms with Crippen molar-refractivity contribution in [1.82, 2.24) is 10.2 Å². The highest BCUT2D eigenvalue weighted by Gasteiger charge is 2.36. The zero-order chi connectivity index (χ0) is 21.2. The van der Waals surface area contributed by atoms with Crippen molar-refractivity contribution in [3.05, 3.63) is 64.3 Å². The van der Waals surface area contributed by atoms with Gasteiger partial charge in [0.15, 0.2) is 0 Å².